The molecule has 1 heterocycles. The molecule has 0 aliphatic rings. The van der Waals surface area contributed by atoms with Crippen LogP contribution < -0.4 is 5.73 Å². The minimum absolute atomic E-state index is 0.696. The maximum Gasteiger partial charge on any atom is 0.0648 e. The van der Waals surface area contributed by atoms with Crippen molar-refractivity contribution in [3.8, 4) is 5.69 Å². The first-order valence-electron chi connectivity index (χ1n) is 5.53. The second kappa shape index (κ2) is 4.49. The number of hydrogen-bond donors (Lipinski definition) is 1. The van der Waals surface area contributed by atoms with Crippen LogP contribution in [0.4, 0.5) is 0 Å². The Morgan fingerprint density at radius 2 is 2.06 bits per heavy atom. The number of nitrogens with zero attached hydrogens (tertiary/aromatic N) is 2. The van der Waals surface area contributed by atoms with E-state index in [-0.39, 0.29) is 0 Å². The summed E-state index contributed by atoms with van der Waals surface area (Å²) >= 11 is 0. The van der Waals surface area contributed by atoms with Gasteiger partial charge in [0.1, 0.15) is 0 Å². The molecule has 0 saturated carbocycles. The van der Waals surface area contributed by atoms with Gasteiger partial charge in [0, 0.05) is 6.20 Å². The summed E-state index contributed by atoms with van der Waals surface area (Å²) in [7, 11) is 0. The Labute approximate surface area is 95.9 Å². The summed E-state index contributed by atoms with van der Waals surface area (Å²) in [5.41, 5.74) is 10.3. The van der Waals surface area contributed by atoms with Crippen LogP contribution in [0.15, 0.2) is 30.5 Å². The average Bonchev–Trinajstić information content (AvgIpc) is 2.68. The van der Waals surface area contributed by atoms with E-state index in [1.807, 2.05) is 23.9 Å². The standard InChI is InChI=1S/C13H17N3/c1-10-9-13(4-3-12(10)5-7-14)16-8-6-11(2)15-16/h3-4,6,8-9H,5,7,14H2,1-2H3. The zero-order valence-corrected chi connectivity index (χ0v) is 9.77. The molecule has 0 aliphatic carbocycles. The van der Waals surface area contributed by atoms with Crippen molar-refractivity contribution in [2.24, 2.45) is 5.73 Å². The molecule has 84 valence electrons. The smallest absolute Gasteiger partial charge is 0.0648 e. The predicted molar refractivity (Wildman–Crippen MR) is 65.8 cm³/mol. The number of rotatable bonds is 3. The van der Waals surface area contributed by atoms with Crippen LogP contribution in [0.25, 0.3) is 5.69 Å². The van der Waals surface area contributed by atoms with E-state index in [4.69, 9.17) is 5.73 Å². The number of nitrogens with two attached hydrogens (primary N) is 1. The molecule has 0 atom stereocenters. The molecule has 1 aromatic heterocycles. The lowest BCUT2D eigenvalue weighted by Gasteiger charge is -2.07. The lowest BCUT2D eigenvalue weighted by atomic mass is 10.1. The third-order valence-corrected chi connectivity index (χ3v) is 2.73. The van der Waals surface area contributed by atoms with E-state index in [1.165, 1.54) is 11.1 Å². The molecule has 0 saturated heterocycles. The third kappa shape index (κ3) is 2.14. The Morgan fingerprint density at radius 3 is 2.62 bits per heavy atom. The monoisotopic (exact) mass is 215 g/mol. The molecule has 2 N–H and O–H groups in total. The highest BCUT2D eigenvalue weighted by atomic mass is 15.3. The minimum Gasteiger partial charge on any atom is -0.330 e. The summed E-state index contributed by atoms with van der Waals surface area (Å²) in [6.45, 7) is 4.80. The van der Waals surface area contributed by atoms with E-state index in [0.29, 0.717) is 6.54 Å². The highest BCUT2D eigenvalue weighted by molar-refractivity contribution is 5.39. The summed E-state index contributed by atoms with van der Waals surface area (Å²) in [5, 5.41) is 4.39. The molecule has 1 aromatic carbocycles. The van der Waals surface area contributed by atoms with Gasteiger partial charge in [-0.05, 0) is 56.1 Å². The van der Waals surface area contributed by atoms with Crippen LogP contribution in [0, 0.1) is 13.8 Å². The van der Waals surface area contributed by atoms with Crippen molar-refractivity contribution in [2.75, 3.05) is 6.54 Å². The SMILES string of the molecule is Cc1ccn(-c2ccc(CCN)c(C)c2)n1. The highest BCUT2D eigenvalue weighted by Crippen LogP contribution is 2.14. The van der Waals surface area contributed by atoms with Crippen LogP contribution in [0.3, 0.4) is 0 Å². The van der Waals surface area contributed by atoms with Crippen molar-refractivity contribution in [3.05, 3.63) is 47.3 Å². The van der Waals surface area contributed by atoms with Gasteiger partial charge < -0.3 is 5.73 Å². The summed E-state index contributed by atoms with van der Waals surface area (Å²) in [6, 6.07) is 8.37. The van der Waals surface area contributed by atoms with Crippen LogP contribution >= 0.6 is 0 Å². The van der Waals surface area contributed by atoms with Gasteiger partial charge in [-0.1, -0.05) is 6.07 Å². The summed E-state index contributed by atoms with van der Waals surface area (Å²) in [6.07, 6.45) is 2.91. The molecule has 0 radical (unpaired) electrons. The molecule has 0 aliphatic heterocycles. The molecule has 2 rings (SSSR count). The van der Waals surface area contributed by atoms with Gasteiger partial charge in [0.15, 0.2) is 0 Å². The molecule has 0 bridgehead atoms. The topological polar surface area (TPSA) is 43.8 Å². The fourth-order valence-electron chi connectivity index (χ4n) is 1.82. The molecule has 0 unspecified atom stereocenters. The van der Waals surface area contributed by atoms with Crippen LogP contribution in [0.2, 0.25) is 0 Å². The summed E-state index contributed by atoms with van der Waals surface area (Å²) < 4.78 is 1.90. The van der Waals surface area contributed by atoms with Gasteiger partial charge in [0.25, 0.3) is 0 Å². The first-order chi connectivity index (χ1) is 7.70. The molecular weight excluding hydrogens is 198 g/mol. The van der Waals surface area contributed by atoms with Crippen molar-refractivity contribution < 1.29 is 0 Å². The number of hydrogen-bond acceptors (Lipinski definition) is 2. The Balaban J connectivity index is 2.34. The van der Waals surface area contributed by atoms with Gasteiger partial charge in [-0.15, -0.1) is 0 Å². The lowest BCUT2D eigenvalue weighted by molar-refractivity contribution is 0.858. The van der Waals surface area contributed by atoms with Crippen LogP contribution in [-0.4, -0.2) is 16.3 Å². The molecule has 3 heteroatoms. The Morgan fingerprint density at radius 1 is 1.25 bits per heavy atom. The Kier molecular flexibility index (Phi) is 3.06. The van der Waals surface area contributed by atoms with Gasteiger partial charge in [-0.2, -0.15) is 5.10 Å². The van der Waals surface area contributed by atoms with E-state index < -0.39 is 0 Å². The van der Waals surface area contributed by atoms with Crippen molar-refractivity contribution in [1.82, 2.24) is 9.78 Å². The van der Waals surface area contributed by atoms with Crippen LogP contribution in [0.1, 0.15) is 16.8 Å². The van der Waals surface area contributed by atoms with Crippen molar-refractivity contribution in [1.29, 1.82) is 0 Å². The molecule has 16 heavy (non-hydrogen) atoms. The second-order valence-corrected chi connectivity index (χ2v) is 4.05. The second-order valence-electron chi connectivity index (χ2n) is 4.05. The van der Waals surface area contributed by atoms with Crippen LogP contribution in [-0.2, 0) is 6.42 Å². The van der Waals surface area contributed by atoms with E-state index in [1.54, 1.807) is 0 Å². The quantitative estimate of drug-likeness (QED) is 0.851. The lowest BCUT2D eigenvalue weighted by Crippen LogP contribution is -2.05. The van der Waals surface area contributed by atoms with E-state index in [2.05, 4.69) is 30.2 Å². The predicted octanol–water partition coefficient (Wildman–Crippen LogP) is 1.99. The molecular formula is C13H17N3. The number of aromatic nitrogens is 2. The number of aryl methyl sites for hydroxylation is 2. The first-order valence-corrected chi connectivity index (χ1v) is 5.53. The molecule has 0 spiro atoms. The molecule has 3 nitrogen and oxygen atoms in total. The zero-order valence-electron chi connectivity index (χ0n) is 9.77. The van der Waals surface area contributed by atoms with E-state index in [9.17, 15) is 0 Å². The van der Waals surface area contributed by atoms with Gasteiger partial charge >= 0.3 is 0 Å². The van der Waals surface area contributed by atoms with Crippen molar-refractivity contribution in [2.45, 2.75) is 20.3 Å². The normalized spacial score (nSPS) is 10.7. The van der Waals surface area contributed by atoms with Crippen molar-refractivity contribution in [3.63, 3.8) is 0 Å². The summed E-state index contributed by atoms with van der Waals surface area (Å²) in [4.78, 5) is 0. The van der Waals surface area contributed by atoms with Gasteiger partial charge in [0.05, 0.1) is 11.4 Å². The first kappa shape index (κ1) is 10.9. The van der Waals surface area contributed by atoms with Crippen molar-refractivity contribution >= 4 is 0 Å². The van der Waals surface area contributed by atoms with Gasteiger partial charge in [-0.3, -0.25) is 0 Å². The van der Waals surface area contributed by atoms with Gasteiger partial charge in [-0.25, -0.2) is 4.68 Å². The van der Waals surface area contributed by atoms with Crippen LogP contribution in [0.5, 0.6) is 0 Å². The third-order valence-electron chi connectivity index (χ3n) is 2.73. The largest absolute Gasteiger partial charge is 0.330 e. The molecule has 0 fully saturated rings. The fraction of sp³-hybridized carbons (Fsp3) is 0.308. The Bertz CT molecular complexity index is 486. The van der Waals surface area contributed by atoms with E-state index >= 15 is 0 Å². The van der Waals surface area contributed by atoms with Gasteiger partial charge in [0.2, 0.25) is 0 Å². The molecule has 0 amide bonds. The Hall–Kier alpha value is -1.61. The average molecular weight is 215 g/mol. The maximum atomic E-state index is 5.56. The highest BCUT2D eigenvalue weighted by Gasteiger charge is 2.02. The minimum atomic E-state index is 0.696. The summed E-state index contributed by atoms with van der Waals surface area (Å²) in [5.74, 6) is 0. The van der Waals surface area contributed by atoms with E-state index in [0.717, 1.165) is 17.8 Å². The fourth-order valence-corrected chi connectivity index (χ4v) is 1.82. The molecule has 2 aromatic rings. The zero-order chi connectivity index (χ0) is 11.5. The number of benzene rings is 1. The maximum absolute atomic E-state index is 5.56.